The van der Waals surface area contributed by atoms with E-state index in [4.69, 9.17) is 9.26 Å². The van der Waals surface area contributed by atoms with E-state index in [2.05, 4.69) is 10.1 Å². The van der Waals surface area contributed by atoms with E-state index in [-0.39, 0.29) is 0 Å². The molecule has 0 unspecified atom stereocenters. The van der Waals surface area contributed by atoms with E-state index >= 15 is 0 Å². The van der Waals surface area contributed by atoms with Crippen molar-refractivity contribution in [1.82, 2.24) is 10.1 Å². The first-order valence-corrected chi connectivity index (χ1v) is 3.56. The summed E-state index contributed by atoms with van der Waals surface area (Å²) in [7, 11) is 0. The minimum atomic E-state index is 0.591. The summed E-state index contributed by atoms with van der Waals surface area (Å²) in [5.74, 6) is 0. The highest BCUT2D eigenvalue weighted by molar-refractivity contribution is 5.23. The molecule has 2 heterocycles. The molecule has 1 aromatic rings. The van der Waals surface area contributed by atoms with E-state index in [0.717, 1.165) is 26.3 Å². The van der Waals surface area contributed by atoms with Crippen LogP contribution in [0.2, 0.25) is 0 Å². The molecular weight excluding hydrogens is 146 g/mol. The Labute approximate surface area is 63.9 Å². The Hall–Kier alpha value is -1.10. The fourth-order valence-electron chi connectivity index (χ4n) is 1.06. The molecule has 0 atom stereocenters. The molecule has 0 N–H and O–H groups in total. The molecule has 60 valence electrons. The van der Waals surface area contributed by atoms with Crippen LogP contribution in [0.25, 0.3) is 0 Å². The molecule has 1 aliphatic heterocycles. The van der Waals surface area contributed by atoms with E-state index in [9.17, 15) is 0 Å². The summed E-state index contributed by atoms with van der Waals surface area (Å²) in [5.41, 5.74) is 0. The fourth-order valence-corrected chi connectivity index (χ4v) is 1.06. The third kappa shape index (κ3) is 1.32. The second-order valence-electron chi connectivity index (χ2n) is 2.32. The van der Waals surface area contributed by atoms with Gasteiger partial charge in [0.05, 0.1) is 13.2 Å². The third-order valence-electron chi connectivity index (χ3n) is 1.63. The Morgan fingerprint density at radius 1 is 1.36 bits per heavy atom. The topological polar surface area (TPSA) is 51.4 Å². The van der Waals surface area contributed by atoms with Crippen molar-refractivity contribution in [3.05, 3.63) is 6.33 Å². The van der Waals surface area contributed by atoms with Crippen LogP contribution < -0.4 is 4.90 Å². The summed E-state index contributed by atoms with van der Waals surface area (Å²) in [6.07, 6.45) is 1.41. The first kappa shape index (κ1) is 6.60. The van der Waals surface area contributed by atoms with E-state index in [0.29, 0.717) is 6.01 Å². The number of nitrogens with zero attached hydrogens (tertiary/aromatic N) is 3. The molecule has 5 nitrogen and oxygen atoms in total. The zero-order valence-electron chi connectivity index (χ0n) is 6.06. The summed E-state index contributed by atoms with van der Waals surface area (Å²) < 4.78 is 10.0. The fraction of sp³-hybridized carbons (Fsp3) is 0.667. The van der Waals surface area contributed by atoms with Gasteiger partial charge in [-0.05, 0) is 0 Å². The largest absolute Gasteiger partial charge is 0.378 e. The van der Waals surface area contributed by atoms with Gasteiger partial charge in [-0.25, -0.2) is 0 Å². The second-order valence-corrected chi connectivity index (χ2v) is 2.32. The molecule has 0 radical (unpaired) electrons. The molecule has 1 saturated heterocycles. The number of hydrogen-bond acceptors (Lipinski definition) is 5. The van der Waals surface area contributed by atoms with E-state index in [1.807, 2.05) is 4.90 Å². The maximum Gasteiger partial charge on any atom is 0.323 e. The monoisotopic (exact) mass is 155 g/mol. The molecule has 0 aliphatic carbocycles. The lowest BCUT2D eigenvalue weighted by molar-refractivity contribution is 0.119. The maximum absolute atomic E-state index is 5.17. The highest BCUT2D eigenvalue weighted by atomic mass is 16.5. The average molecular weight is 155 g/mol. The van der Waals surface area contributed by atoms with Gasteiger partial charge < -0.3 is 14.2 Å². The highest BCUT2D eigenvalue weighted by Crippen LogP contribution is 2.09. The van der Waals surface area contributed by atoms with Crippen molar-refractivity contribution in [2.75, 3.05) is 31.2 Å². The quantitative estimate of drug-likeness (QED) is 0.567. The second kappa shape index (κ2) is 2.87. The zero-order valence-corrected chi connectivity index (χ0v) is 6.06. The first-order chi connectivity index (χ1) is 5.47. The van der Waals surface area contributed by atoms with Crippen molar-refractivity contribution in [3.8, 4) is 0 Å². The van der Waals surface area contributed by atoms with E-state index in [1.165, 1.54) is 6.33 Å². The van der Waals surface area contributed by atoms with Crippen LogP contribution in [0.5, 0.6) is 0 Å². The van der Waals surface area contributed by atoms with Gasteiger partial charge in [-0.3, -0.25) is 0 Å². The van der Waals surface area contributed by atoms with Crippen LogP contribution in [0.1, 0.15) is 0 Å². The molecule has 2 rings (SSSR count). The summed E-state index contributed by atoms with van der Waals surface area (Å²) >= 11 is 0. The Bertz CT molecular complexity index is 206. The zero-order chi connectivity index (χ0) is 7.52. The summed E-state index contributed by atoms with van der Waals surface area (Å²) in [6.45, 7) is 3.15. The van der Waals surface area contributed by atoms with Crippen molar-refractivity contribution >= 4 is 6.01 Å². The minimum absolute atomic E-state index is 0.591. The average Bonchev–Trinajstić information content (AvgIpc) is 2.58. The molecule has 11 heavy (non-hydrogen) atoms. The van der Waals surface area contributed by atoms with Crippen LogP contribution in [-0.4, -0.2) is 36.4 Å². The van der Waals surface area contributed by atoms with Crippen molar-refractivity contribution < 1.29 is 9.26 Å². The van der Waals surface area contributed by atoms with Gasteiger partial charge in [0, 0.05) is 13.1 Å². The SMILES string of the molecule is c1noc(N2CCOCC2)n1. The van der Waals surface area contributed by atoms with Crippen LogP contribution in [0.15, 0.2) is 10.9 Å². The molecule has 1 fully saturated rings. The Balaban J connectivity index is 2.04. The molecule has 0 spiro atoms. The van der Waals surface area contributed by atoms with Crippen LogP contribution >= 0.6 is 0 Å². The molecule has 5 heteroatoms. The van der Waals surface area contributed by atoms with Crippen molar-refractivity contribution in [3.63, 3.8) is 0 Å². The molecule has 0 bridgehead atoms. The lowest BCUT2D eigenvalue weighted by atomic mass is 10.5. The predicted molar refractivity (Wildman–Crippen MR) is 37.3 cm³/mol. The van der Waals surface area contributed by atoms with Gasteiger partial charge in [0.25, 0.3) is 0 Å². The summed E-state index contributed by atoms with van der Waals surface area (Å²) in [6, 6.07) is 0.591. The summed E-state index contributed by atoms with van der Waals surface area (Å²) in [5, 5.41) is 3.53. The molecule has 1 aromatic heterocycles. The molecule has 0 saturated carbocycles. The predicted octanol–water partition coefficient (Wildman–Crippen LogP) is -0.0938. The molecule has 1 aliphatic rings. The number of ether oxygens (including phenoxy) is 1. The van der Waals surface area contributed by atoms with Gasteiger partial charge >= 0.3 is 6.01 Å². The van der Waals surface area contributed by atoms with Crippen LogP contribution in [0.3, 0.4) is 0 Å². The number of aromatic nitrogens is 2. The van der Waals surface area contributed by atoms with Gasteiger partial charge in [0.1, 0.15) is 0 Å². The van der Waals surface area contributed by atoms with Crippen LogP contribution in [0.4, 0.5) is 6.01 Å². The smallest absolute Gasteiger partial charge is 0.323 e. The Morgan fingerprint density at radius 3 is 2.82 bits per heavy atom. The number of morpholine rings is 1. The number of hydrogen-bond donors (Lipinski definition) is 0. The summed E-state index contributed by atoms with van der Waals surface area (Å²) in [4.78, 5) is 5.94. The van der Waals surface area contributed by atoms with Crippen molar-refractivity contribution in [2.45, 2.75) is 0 Å². The minimum Gasteiger partial charge on any atom is -0.378 e. The molecule has 0 amide bonds. The number of rotatable bonds is 1. The number of anilines is 1. The van der Waals surface area contributed by atoms with Gasteiger partial charge in [-0.2, -0.15) is 4.98 Å². The first-order valence-electron chi connectivity index (χ1n) is 3.56. The van der Waals surface area contributed by atoms with Gasteiger partial charge in [-0.15, -0.1) is 0 Å². The molecule has 0 aromatic carbocycles. The van der Waals surface area contributed by atoms with E-state index in [1.54, 1.807) is 0 Å². The Morgan fingerprint density at radius 2 is 2.18 bits per heavy atom. The standard InChI is InChI=1S/C6H9N3O2/c1-3-10-4-2-9(1)6-7-5-8-11-6/h5H,1-4H2. The Kier molecular flexibility index (Phi) is 1.72. The molecular formula is C6H9N3O2. The highest BCUT2D eigenvalue weighted by Gasteiger charge is 2.14. The van der Waals surface area contributed by atoms with Gasteiger partial charge in [-0.1, -0.05) is 5.16 Å². The third-order valence-corrected chi connectivity index (χ3v) is 1.63. The van der Waals surface area contributed by atoms with Crippen molar-refractivity contribution in [1.29, 1.82) is 0 Å². The normalized spacial score (nSPS) is 18.7. The lowest BCUT2D eigenvalue weighted by Crippen LogP contribution is -2.36. The van der Waals surface area contributed by atoms with Crippen molar-refractivity contribution in [2.24, 2.45) is 0 Å². The van der Waals surface area contributed by atoms with Gasteiger partial charge in [0.2, 0.25) is 0 Å². The van der Waals surface area contributed by atoms with Crippen LogP contribution in [0, 0.1) is 0 Å². The van der Waals surface area contributed by atoms with Gasteiger partial charge in [0.15, 0.2) is 6.33 Å². The van der Waals surface area contributed by atoms with E-state index < -0.39 is 0 Å². The maximum atomic E-state index is 5.17. The van der Waals surface area contributed by atoms with Crippen LogP contribution in [-0.2, 0) is 4.74 Å². The lowest BCUT2D eigenvalue weighted by Gasteiger charge is -2.24.